The van der Waals surface area contributed by atoms with Gasteiger partial charge < -0.3 is 5.73 Å². The van der Waals surface area contributed by atoms with Crippen LogP contribution < -0.4 is 5.73 Å². The smallest absolute Gasteiger partial charge is 0.252 e. The highest BCUT2D eigenvalue weighted by Crippen LogP contribution is 2.49. The van der Waals surface area contributed by atoms with Gasteiger partial charge in [-0.25, -0.2) is 8.78 Å². The van der Waals surface area contributed by atoms with E-state index in [9.17, 15) is 8.78 Å². The van der Waals surface area contributed by atoms with Gasteiger partial charge in [-0.05, 0) is 22.0 Å². The number of halogens is 3. The zero-order valence-electron chi connectivity index (χ0n) is 7.60. The van der Waals surface area contributed by atoms with E-state index in [0.717, 1.165) is 0 Å². The van der Waals surface area contributed by atoms with Crippen LogP contribution in [0.3, 0.4) is 0 Å². The summed E-state index contributed by atoms with van der Waals surface area (Å²) in [6, 6.07) is 1.69. The van der Waals surface area contributed by atoms with Crippen molar-refractivity contribution in [2.45, 2.75) is 24.3 Å². The Bertz CT molecular complexity index is 367. The molecule has 78 valence electrons. The summed E-state index contributed by atoms with van der Waals surface area (Å²) in [5.74, 6) is -2.62. The van der Waals surface area contributed by atoms with Gasteiger partial charge in [-0.3, -0.25) is 4.68 Å². The lowest BCUT2D eigenvalue weighted by Gasteiger charge is -2.44. The first-order chi connectivity index (χ1) is 6.32. The molecule has 14 heavy (non-hydrogen) atoms. The second kappa shape index (κ2) is 2.76. The molecule has 1 saturated carbocycles. The van der Waals surface area contributed by atoms with Crippen LogP contribution in [0.15, 0.2) is 10.7 Å². The lowest BCUT2D eigenvalue weighted by atomic mass is 9.72. The van der Waals surface area contributed by atoms with Gasteiger partial charge in [-0.15, -0.1) is 0 Å². The molecule has 0 bridgehead atoms. The van der Waals surface area contributed by atoms with Crippen molar-refractivity contribution in [1.82, 2.24) is 9.78 Å². The Morgan fingerprint density at radius 2 is 2.14 bits per heavy atom. The Morgan fingerprint density at radius 1 is 1.57 bits per heavy atom. The maximum atomic E-state index is 12.7. The van der Waals surface area contributed by atoms with Gasteiger partial charge in [0.1, 0.15) is 4.60 Å². The van der Waals surface area contributed by atoms with Gasteiger partial charge in [0.25, 0.3) is 5.92 Å². The van der Waals surface area contributed by atoms with Crippen LogP contribution in [0.1, 0.15) is 18.5 Å². The topological polar surface area (TPSA) is 43.8 Å². The van der Waals surface area contributed by atoms with E-state index in [1.165, 1.54) is 0 Å². The van der Waals surface area contributed by atoms with Crippen LogP contribution in [-0.2, 0) is 12.6 Å². The van der Waals surface area contributed by atoms with Crippen LogP contribution in [0, 0.1) is 0 Å². The van der Waals surface area contributed by atoms with Gasteiger partial charge in [-0.2, -0.15) is 5.10 Å². The minimum Gasteiger partial charge on any atom is -0.320 e. The van der Waals surface area contributed by atoms with E-state index >= 15 is 0 Å². The fourth-order valence-corrected chi connectivity index (χ4v) is 2.41. The minimum atomic E-state index is -2.62. The first-order valence-corrected chi connectivity index (χ1v) is 4.98. The normalized spacial score (nSPS) is 23.2. The van der Waals surface area contributed by atoms with E-state index in [1.54, 1.807) is 17.8 Å². The second-order valence-electron chi connectivity index (χ2n) is 3.84. The summed E-state index contributed by atoms with van der Waals surface area (Å²) in [5, 5.41) is 4.02. The quantitative estimate of drug-likeness (QED) is 0.841. The van der Waals surface area contributed by atoms with Crippen LogP contribution in [-0.4, -0.2) is 15.7 Å². The van der Waals surface area contributed by atoms with Crippen molar-refractivity contribution in [3.8, 4) is 0 Å². The molecule has 3 nitrogen and oxygen atoms in total. The second-order valence-corrected chi connectivity index (χ2v) is 4.65. The standard InChI is InChI=1S/C8H10BrF2N3/c1-14-5(2-6(9)13-14)7(12)3-8(10,11)4-7/h2H,3-4,12H2,1H3. The Kier molecular flexibility index (Phi) is 1.98. The van der Waals surface area contributed by atoms with Crippen molar-refractivity contribution in [3.63, 3.8) is 0 Å². The Morgan fingerprint density at radius 3 is 2.50 bits per heavy atom. The molecule has 0 atom stereocenters. The first-order valence-electron chi connectivity index (χ1n) is 4.19. The molecule has 2 rings (SSSR count). The van der Waals surface area contributed by atoms with E-state index in [0.29, 0.717) is 10.3 Å². The summed E-state index contributed by atoms with van der Waals surface area (Å²) < 4.78 is 27.6. The molecule has 1 aromatic rings. The fourth-order valence-electron chi connectivity index (χ4n) is 1.95. The number of aromatic nitrogens is 2. The molecule has 0 aliphatic heterocycles. The van der Waals surface area contributed by atoms with Crippen LogP contribution >= 0.6 is 15.9 Å². The Labute approximate surface area is 88.4 Å². The van der Waals surface area contributed by atoms with Crippen molar-refractivity contribution in [3.05, 3.63) is 16.4 Å². The predicted molar refractivity (Wildman–Crippen MR) is 51.0 cm³/mol. The average Bonchev–Trinajstić information content (AvgIpc) is 2.25. The van der Waals surface area contributed by atoms with Crippen LogP contribution in [0.25, 0.3) is 0 Å². The van der Waals surface area contributed by atoms with E-state index in [4.69, 9.17) is 5.73 Å². The maximum absolute atomic E-state index is 12.7. The molecule has 0 spiro atoms. The molecule has 1 aliphatic rings. The number of rotatable bonds is 1. The molecule has 0 amide bonds. The van der Waals surface area contributed by atoms with Gasteiger partial charge >= 0.3 is 0 Å². The van der Waals surface area contributed by atoms with Gasteiger partial charge in [-0.1, -0.05) is 0 Å². The summed E-state index contributed by atoms with van der Waals surface area (Å²) >= 11 is 3.18. The fraction of sp³-hybridized carbons (Fsp3) is 0.625. The molecule has 1 heterocycles. The first kappa shape index (κ1) is 10.0. The Balaban J connectivity index is 2.29. The highest BCUT2D eigenvalue weighted by atomic mass is 79.9. The van der Waals surface area contributed by atoms with Crippen molar-refractivity contribution in [1.29, 1.82) is 0 Å². The van der Waals surface area contributed by atoms with E-state index in [-0.39, 0.29) is 12.8 Å². The van der Waals surface area contributed by atoms with Crippen LogP contribution in [0.4, 0.5) is 8.78 Å². The summed E-state index contributed by atoms with van der Waals surface area (Å²) in [4.78, 5) is 0. The van der Waals surface area contributed by atoms with E-state index in [1.807, 2.05) is 0 Å². The van der Waals surface area contributed by atoms with Gasteiger partial charge in [0.05, 0.1) is 11.2 Å². The SMILES string of the molecule is Cn1nc(Br)cc1C1(N)CC(F)(F)C1. The number of hydrogen-bond donors (Lipinski definition) is 1. The van der Waals surface area contributed by atoms with E-state index < -0.39 is 11.5 Å². The minimum absolute atomic E-state index is 0.300. The molecule has 1 fully saturated rings. The zero-order chi connectivity index (χ0) is 10.6. The van der Waals surface area contributed by atoms with E-state index in [2.05, 4.69) is 21.0 Å². The van der Waals surface area contributed by atoms with Crippen molar-refractivity contribution < 1.29 is 8.78 Å². The molecule has 1 aromatic heterocycles. The summed E-state index contributed by atoms with van der Waals surface area (Å²) in [6.45, 7) is 0. The Hall–Kier alpha value is -0.490. The molecular formula is C8H10BrF2N3. The number of alkyl halides is 2. The number of nitrogens with two attached hydrogens (primary N) is 1. The van der Waals surface area contributed by atoms with Crippen LogP contribution in [0.5, 0.6) is 0 Å². The third kappa shape index (κ3) is 1.46. The van der Waals surface area contributed by atoms with Gasteiger partial charge in [0.2, 0.25) is 0 Å². The lowest BCUT2D eigenvalue weighted by molar-refractivity contribution is -0.127. The average molecular weight is 266 g/mol. The highest BCUT2D eigenvalue weighted by molar-refractivity contribution is 9.10. The molecule has 1 aliphatic carbocycles. The van der Waals surface area contributed by atoms with Gasteiger partial charge in [0.15, 0.2) is 0 Å². The van der Waals surface area contributed by atoms with Crippen molar-refractivity contribution in [2.24, 2.45) is 12.8 Å². The predicted octanol–water partition coefficient (Wildman–Crippen LogP) is 1.77. The molecule has 0 aromatic carbocycles. The maximum Gasteiger partial charge on any atom is 0.252 e. The summed E-state index contributed by atoms with van der Waals surface area (Å²) in [6.07, 6.45) is -0.599. The monoisotopic (exact) mass is 265 g/mol. The largest absolute Gasteiger partial charge is 0.320 e. The third-order valence-corrected chi connectivity index (χ3v) is 2.90. The summed E-state index contributed by atoms with van der Waals surface area (Å²) in [5.41, 5.74) is 5.58. The number of nitrogens with zero attached hydrogens (tertiary/aromatic N) is 2. The highest BCUT2D eigenvalue weighted by Gasteiger charge is 2.56. The summed E-state index contributed by atoms with van der Waals surface area (Å²) in [7, 11) is 1.70. The third-order valence-electron chi connectivity index (χ3n) is 2.51. The van der Waals surface area contributed by atoms with Crippen molar-refractivity contribution >= 4 is 15.9 Å². The molecule has 6 heteroatoms. The van der Waals surface area contributed by atoms with Gasteiger partial charge in [0, 0.05) is 19.9 Å². The van der Waals surface area contributed by atoms with Crippen LogP contribution in [0.2, 0.25) is 0 Å². The number of aryl methyl sites for hydroxylation is 1. The lowest BCUT2D eigenvalue weighted by Crippen LogP contribution is -2.56. The molecule has 2 N–H and O–H groups in total. The molecular weight excluding hydrogens is 256 g/mol. The zero-order valence-corrected chi connectivity index (χ0v) is 9.18. The molecule has 0 unspecified atom stereocenters. The molecule has 0 saturated heterocycles. The number of hydrogen-bond acceptors (Lipinski definition) is 2. The van der Waals surface area contributed by atoms with Crippen molar-refractivity contribution in [2.75, 3.05) is 0 Å². The molecule has 0 radical (unpaired) electrons.